The summed E-state index contributed by atoms with van der Waals surface area (Å²) < 4.78 is 18.2. The van der Waals surface area contributed by atoms with Crippen molar-refractivity contribution in [2.45, 2.75) is 13.0 Å². The maximum atomic E-state index is 12.9. The lowest BCUT2D eigenvalue weighted by molar-refractivity contribution is -0.0124. The monoisotopic (exact) mass is 224 g/mol. The molecule has 1 atom stereocenters. The average molecular weight is 224 g/mol. The first-order valence-corrected chi connectivity index (χ1v) is 5.19. The molecule has 0 bridgehead atoms. The minimum atomic E-state index is -0.632. The van der Waals surface area contributed by atoms with Crippen LogP contribution in [0, 0.1) is 5.95 Å². The van der Waals surface area contributed by atoms with Crippen molar-refractivity contribution in [3.05, 3.63) is 29.8 Å². The van der Waals surface area contributed by atoms with Crippen LogP contribution in [-0.4, -0.2) is 41.6 Å². The van der Waals surface area contributed by atoms with Crippen LogP contribution in [-0.2, 0) is 4.74 Å². The van der Waals surface area contributed by atoms with E-state index in [2.05, 4.69) is 4.98 Å². The smallest absolute Gasteiger partial charge is 0.254 e. The van der Waals surface area contributed by atoms with E-state index in [1.165, 1.54) is 12.3 Å². The second-order valence-electron chi connectivity index (χ2n) is 3.80. The summed E-state index contributed by atoms with van der Waals surface area (Å²) in [6.07, 6.45) is 1.33. The molecule has 0 saturated carbocycles. The fourth-order valence-corrected chi connectivity index (χ4v) is 1.72. The van der Waals surface area contributed by atoms with Gasteiger partial charge in [-0.25, -0.2) is 4.98 Å². The van der Waals surface area contributed by atoms with Crippen molar-refractivity contribution < 1.29 is 13.9 Å². The van der Waals surface area contributed by atoms with Gasteiger partial charge in [0.05, 0.1) is 12.7 Å². The molecule has 2 rings (SSSR count). The molecule has 86 valence electrons. The number of morpholine rings is 1. The van der Waals surface area contributed by atoms with Crippen LogP contribution in [0.2, 0.25) is 0 Å². The van der Waals surface area contributed by atoms with Crippen LogP contribution in [0.1, 0.15) is 17.3 Å². The Morgan fingerprint density at radius 3 is 3.19 bits per heavy atom. The third-order valence-corrected chi connectivity index (χ3v) is 2.50. The van der Waals surface area contributed by atoms with E-state index in [9.17, 15) is 9.18 Å². The van der Waals surface area contributed by atoms with Crippen LogP contribution in [0.25, 0.3) is 0 Å². The molecule has 1 saturated heterocycles. The van der Waals surface area contributed by atoms with Crippen LogP contribution < -0.4 is 0 Å². The summed E-state index contributed by atoms with van der Waals surface area (Å²) in [7, 11) is 0. The molecule has 0 spiro atoms. The highest BCUT2D eigenvalue weighted by molar-refractivity contribution is 5.94. The number of halogens is 1. The standard InChI is InChI=1S/C11H13FN2O2/c1-8-7-14(4-5-16-8)11(15)9-2-3-13-10(12)6-9/h2-3,6,8H,4-5,7H2,1H3. The van der Waals surface area contributed by atoms with Gasteiger partial charge in [0.1, 0.15) is 0 Å². The summed E-state index contributed by atoms with van der Waals surface area (Å²) in [5, 5.41) is 0. The Morgan fingerprint density at radius 2 is 2.50 bits per heavy atom. The molecule has 0 aromatic carbocycles. The fourth-order valence-electron chi connectivity index (χ4n) is 1.72. The number of rotatable bonds is 1. The van der Waals surface area contributed by atoms with E-state index in [4.69, 9.17) is 4.74 Å². The Morgan fingerprint density at radius 1 is 1.69 bits per heavy atom. The first-order valence-electron chi connectivity index (χ1n) is 5.19. The zero-order valence-corrected chi connectivity index (χ0v) is 9.02. The predicted octanol–water partition coefficient (Wildman–Crippen LogP) is 1.08. The second kappa shape index (κ2) is 4.57. The Hall–Kier alpha value is -1.49. The molecule has 1 aromatic heterocycles. The number of ether oxygens (including phenoxy) is 1. The normalized spacial score (nSPS) is 20.9. The lowest BCUT2D eigenvalue weighted by Crippen LogP contribution is -2.44. The van der Waals surface area contributed by atoms with E-state index in [1.54, 1.807) is 4.90 Å². The molecule has 0 aliphatic carbocycles. The highest BCUT2D eigenvalue weighted by Crippen LogP contribution is 2.10. The number of carbonyl (C=O) groups excluding carboxylic acids is 1. The summed E-state index contributed by atoms with van der Waals surface area (Å²) >= 11 is 0. The molecule has 1 aromatic rings. The van der Waals surface area contributed by atoms with Crippen molar-refractivity contribution in [1.29, 1.82) is 0 Å². The molecule has 4 nitrogen and oxygen atoms in total. The van der Waals surface area contributed by atoms with Crippen molar-refractivity contribution >= 4 is 5.91 Å². The number of hydrogen-bond donors (Lipinski definition) is 0. The largest absolute Gasteiger partial charge is 0.375 e. The SMILES string of the molecule is CC1CN(C(=O)c2ccnc(F)c2)CCO1. The third kappa shape index (κ3) is 2.36. The fraction of sp³-hybridized carbons (Fsp3) is 0.455. The van der Waals surface area contributed by atoms with Crippen LogP contribution in [0.3, 0.4) is 0 Å². The van der Waals surface area contributed by atoms with Crippen LogP contribution in [0.5, 0.6) is 0 Å². The van der Waals surface area contributed by atoms with E-state index in [0.717, 1.165) is 6.07 Å². The number of hydrogen-bond acceptors (Lipinski definition) is 3. The van der Waals surface area contributed by atoms with Gasteiger partial charge >= 0.3 is 0 Å². The van der Waals surface area contributed by atoms with E-state index >= 15 is 0 Å². The van der Waals surface area contributed by atoms with Crippen molar-refractivity contribution in [1.82, 2.24) is 9.88 Å². The molecular weight excluding hydrogens is 211 g/mol. The first kappa shape index (κ1) is 11.0. The van der Waals surface area contributed by atoms with Gasteiger partial charge in [0.2, 0.25) is 5.95 Å². The zero-order chi connectivity index (χ0) is 11.5. The van der Waals surface area contributed by atoms with Gasteiger partial charge in [-0.1, -0.05) is 0 Å². The maximum absolute atomic E-state index is 12.9. The molecule has 0 N–H and O–H groups in total. The summed E-state index contributed by atoms with van der Waals surface area (Å²) in [5.41, 5.74) is 0.335. The minimum Gasteiger partial charge on any atom is -0.375 e. The van der Waals surface area contributed by atoms with E-state index in [1.807, 2.05) is 6.92 Å². The molecule has 1 unspecified atom stereocenters. The van der Waals surface area contributed by atoms with Crippen molar-refractivity contribution in [3.8, 4) is 0 Å². The third-order valence-electron chi connectivity index (χ3n) is 2.50. The van der Waals surface area contributed by atoms with Crippen LogP contribution >= 0.6 is 0 Å². The highest BCUT2D eigenvalue weighted by atomic mass is 19.1. The van der Waals surface area contributed by atoms with Crippen molar-refractivity contribution in [2.24, 2.45) is 0 Å². The molecular formula is C11H13FN2O2. The van der Waals surface area contributed by atoms with Crippen molar-refractivity contribution in [2.75, 3.05) is 19.7 Å². The number of pyridine rings is 1. The van der Waals surface area contributed by atoms with Gasteiger partial charge in [-0.15, -0.1) is 0 Å². The van der Waals surface area contributed by atoms with Gasteiger partial charge < -0.3 is 9.64 Å². The lowest BCUT2D eigenvalue weighted by atomic mass is 10.2. The quantitative estimate of drug-likeness (QED) is 0.670. The molecule has 1 fully saturated rings. The number of amides is 1. The summed E-state index contributed by atoms with van der Waals surface area (Å²) in [4.78, 5) is 17.1. The van der Waals surface area contributed by atoms with Crippen molar-refractivity contribution in [3.63, 3.8) is 0 Å². The molecule has 2 heterocycles. The van der Waals surface area contributed by atoms with E-state index in [-0.39, 0.29) is 12.0 Å². The number of nitrogens with zero attached hydrogens (tertiary/aromatic N) is 2. The van der Waals surface area contributed by atoms with Gasteiger partial charge in [0, 0.05) is 30.9 Å². The van der Waals surface area contributed by atoms with Gasteiger partial charge in [0.25, 0.3) is 5.91 Å². The summed E-state index contributed by atoms with van der Waals surface area (Å²) in [6, 6.07) is 2.67. The van der Waals surface area contributed by atoms with Crippen LogP contribution in [0.4, 0.5) is 4.39 Å². The molecule has 1 aliphatic rings. The number of carbonyl (C=O) groups is 1. The Balaban J connectivity index is 2.12. The average Bonchev–Trinajstić information content (AvgIpc) is 2.28. The topological polar surface area (TPSA) is 42.4 Å². The van der Waals surface area contributed by atoms with Crippen LogP contribution in [0.15, 0.2) is 18.3 Å². The summed E-state index contributed by atoms with van der Waals surface area (Å²) in [6.45, 7) is 3.53. The molecule has 5 heteroatoms. The summed E-state index contributed by atoms with van der Waals surface area (Å²) in [5.74, 6) is -0.802. The van der Waals surface area contributed by atoms with Gasteiger partial charge in [-0.05, 0) is 13.0 Å². The van der Waals surface area contributed by atoms with Gasteiger partial charge in [0.15, 0.2) is 0 Å². The molecule has 1 aliphatic heterocycles. The maximum Gasteiger partial charge on any atom is 0.254 e. The lowest BCUT2D eigenvalue weighted by Gasteiger charge is -2.31. The minimum absolute atomic E-state index is 0.0318. The second-order valence-corrected chi connectivity index (χ2v) is 3.80. The Bertz CT molecular complexity index is 397. The Labute approximate surface area is 93.0 Å². The van der Waals surface area contributed by atoms with E-state index < -0.39 is 5.95 Å². The van der Waals surface area contributed by atoms with Gasteiger partial charge in [-0.3, -0.25) is 4.79 Å². The number of aromatic nitrogens is 1. The molecule has 16 heavy (non-hydrogen) atoms. The van der Waals surface area contributed by atoms with E-state index in [0.29, 0.717) is 25.3 Å². The first-order chi connectivity index (χ1) is 7.66. The molecule has 0 radical (unpaired) electrons. The highest BCUT2D eigenvalue weighted by Gasteiger charge is 2.22. The Kier molecular flexibility index (Phi) is 3.14. The zero-order valence-electron chi connectivity index (χ0n) is 9.02. The predicted molar refractivity (Wildman–Crippen MR) is 55.5 cm³/mol. The molecule has 1 amide bonds. The van der Waals surface area contributed by atoms with Gasteiger partial charge in [-0.2, -0.15) is 4.39 Å².